The van der Waals surface area contributed by atoms with Crippen molar-refractivity contribution in [3.63, 3.8) is 0 Å². The van der Waals surface area contributed by atoms with E-state index in [1.54, 1.807) is 24.3 Å². The van der Waals surface area contributed by atoms with Crippen LogP contribution in [-0.2, 0) is 17.4 Å². The van der Waals surface area contributed by atoms with Crippen LogP contribution in [0.2, 0.25) is 5.02 Å². The molecule has 2 aromatic carbocycles. The highest BCUT2D eigenvalue weighted by molar-refractivity contribution is 9.09. The maximum absolute atomic E-state index is 12.9. The van der Waals surface area contributed by atoms with Crippen molar-refractivity contribution in [1.82, 2.24) is 0 Å². The highest BCUT2D eigenvalue weighted by Crippen LogP contribution is 2.38. The summed E-state index contributed by atoms with van der Waals surface area (Å²) in [5.41, 5.74) is 1.02. The fraction of sp³-hybridized carbons (Fsp3) is 0.235. The summed E-state index contributed by atoms with van der Waals surface area (Å²) < 4.78 is 38.8. The van der Waals surface area contributed by atoms with E-state index in [1.165, 1.54) is 11.0 Å². The molecule has 0 fully saturated rings. The predicted octanol–water partition coefficient (Wildman–Crippen LogP) is 5.38. The number of fused-ring (bicyclic) bond motifs is 1. The van der Waals surface area contributed by atoms with Crippen molar-refractivity contribution in [3.8, 4) is 0 Å². The van der Waals surface area contributed by atoms with Gasteiger partial charge < -0.3 is 4.90 Å². The topological polar surface area (TPSA) is 20.3 Å². The summed E-state index contributed by atoms with van der Waals surface area (Å²) in [5, 5.41) is 0.548. The third-order valence-electron chi connectivity index (χ3n) is 3.95. The second-order valence-electron chi connectivity index (χ2n) is 5.50. The lowest BCUT2D eigenvalue weighted by molar-refractivity contribution is -0.137. The summed E-state index contributed by atoms with van der Waals surface area (Å²) in [6.07, 6.45) is -3.89. The lowest BCUT2D eigenvalue weighted by Crippen LogP contribution is -2.31. The zero-order valence-corrected chi connectivity index (χ0v) is 14.6. The van der Waals surface area contributed by atoms with Crippen LogP contribution < -0.4 is 4.90 Å². The van der Waals surface area contributed by atoms with Crippen molar-refractivity contribution in [2.75, 3.05) is 11.4 Å². The van der Waals surface area contributed by atoms with Crippen LogP contribution in [0.25, 0.3) is 0 Å². The number of anilines is 1. The van der Waals surface area contributed by atoms with Crippen LogP contribution in [-0.4, -0.2) is 12.5 Å². The van der Waals surface area contributed by atoms with Crippen LogP contribution in [0, 0.1) is 0 Å². The predicted molar refractivity (Wildman–Crippen MR) is 90.6 cm³/mol. The molecular weight excluding hydrogens is 407 g/mol. The number of benzene rings is 2. The van der Waals surface area contributed by atoms with Gasteiger partial charge in [-0.05, 0) is 41.8 Å². The van der Waals surface area contributed by atoms with Gasteiger partial charge in [-0.3, -0.25) is 4.79 Å². The number of hydrogen-bond acceptors (Lipinski definition) is 1. The minimum atomic E-state index is -4.43. The molecule has 0 N–H and O–H groups in total. The SMILES string of the molecule is O=C(C(Br)c1ccc(Cl)cc1)N1CCc2ccc(C(F)(F)F)cc21. The summed E-state index contributed by atoms with van der Waals surface area (Å²) in [6.45, 7) is 0.366. The first-order valence-electron chi connectivity index (χ1n) is 7.18. The monoisotopic (exact) mass is 417 g/mol. The minimum absolute atomic E-state index is 0.296. The number of rotatable bonds is 2. The lowest BCUT2D eigenvalue weighted by Gasteiger charge is -2.22. The van der Waals surface area contributed by atoms with E-state index in [-0.39, 0.29) is 5.91 Å². The molecule has 0 saturated carbocycles. The third-order valence-corrected chi connectivity index (χ3v) is 5.13. The Hall–Kier alpha value is -1.53. The van der Waals surface area contributed by atoms with E-state index in [0.717, 1.165) is 17.7 Å². The van der Waals surface area contributed by atoms with Crippen molar-refractivity contribution in [2.45, 2.75) is 17.4 Å². The van der Waals surface area contributed by atoms with Gasteiger partial charge in [-0.1, -0.05) is 45.7 Å². The summed E-state index contributed by atoms with van der Waals surface area (Å²) in [7, 11) is 0. The molecule has 1 unspecified atom stereocenters. The van der Waals surface area contributed by atoms with Gasteiger partial charge in [0.05, 0.1) is 5.56 Å². The highest BCUT2D eigenvalue weighted by Gasteiger charge is 2.35. The maximum Gasteiger partial charge on any atom is 0.416 e. The molecule has 3 rings (SSSR count). The molecular formula is C17H12BrClF3NO. The average molecular weight is 419 g/mol. The van der Waals surface area contributed by atoms with Crippen LogP contribution in [0.5, 0.6) is 0 Å². The summed E-state index contributed by atoms with van der Waals surface area (Å²) in [5.74, 6) is -0.296. The van der Waals surface area contributed by atoms with E-state index < -0.39 is 16.6 Å². The van der Waals surface area contributed by atoms with Gasteiger partial charge >= 0.3 is 6.18 Å². The minimum Gasteiger partial charge on any atom is -0.311 e. The fourth-order valence-electron chi connectivity index (χ4n) is 2.70. The number of halogens is 5. The quantitative estimate of drug-likeness (QED) is 0.599. The van der Waals surface area contributed by atoms with Crippen molar-refractivity contribution in [3.05, 3.63) is 64.2 Å². The van der Waals surface area contributed by atoms with Gasteiger partial charge in [0.25, 0.3) is 0 Å². The molecule has 2 nitrogen and oxygen atoms in total. The Morgan fingerprint density at radius 3 is 2.46 bits per heavy atom. The Balaban J connectivity index is 1.89. The molecule has 1 aliphatic rings. The van der Waals surface area contributed by atoms with Crippen molar-refractivity contribution in [2.24, 2.45) is 0 Å². The molecule has 2 aromatic rings. The molecule has 0 aliphatic carbocycles. The zero-order valence-electron chi connectivity index (χ0n) is 12.3. The number of amides is 1. The Labute approximate surface area is 150 Å². The van der Waals surface area contributed by atoms with E-state index in [2.05, 4.69) is 15.9 Å². The van der Waals surface area contributed by atoms with Crippen LogP contribution in [0.3, 0.4) is 0 Å². The molecule has 0 bridgehead atoms. The molecule has 1 atom stereocenters. The lowest BCUT2D eigenvalue weighted by atomic mass is 10.1. The Bertz CT molecular complexity index is 776. The van der Waals surface area contributed by atoms with Crippen molar-refractivity contribution >= 4 is 39.1 Å². The fourth-order valence-corrected chi connectivity index (χ4v) is 3.37. The number of alkyl halides is 4. The van der Waals surface area contributed by atoms with Gasteiger partial charge in [0.2, 0.25) is 5.91 Å². The van der Waals surface area contributed by atoms with E-state index in [9.17, 15) is 18.0 Å². The molecule has 126 valence electrons. The van der Waals surface area contributed by atoms with Crippen LogP contribution in [0.1, 0.15) is 21.5 Å². The molecule has 0 spiro atoms. The van der Waals surface area contributed by atoms with Crippen LogP contribution >= 0.6 is 27.5 Å². The van der Waals surface area contributed by atoms with Crippen LogP contribution in [0.4, 0.5) is 18.9 Å². The Morgan fingerprint density at radius 1 is 1.17 bits per heavy atom. The summed E-state index contributed by atoms with van der Waals surface area (Å²) in [6, 6.07) is 10.3. The first kappa shape index (κ1) is 17.3. The van der Waals surface area contributed by atoms with Gasteiger partial charge in [0.1, 0.15) is 4.83 Å². The van der Waals surface area contributed by atoms with E-state index in [4.69, 9.17) is 11.6 Å². The molecule has 24 heavy (non-hydrogen) atoms. The zero-order chi connectivity index (χ0) is 17.5. The van der Waals surface area contributed by atoms with Gasteiger partial charge in [-0.2, -0.15) is 13.2 Å². The largest absolute Gasteiger partial charge is 0.416 e. The number of nitrogens with zero attached hydrogens (tertiary/aromatic N) is 1. The third kappa shape index (κ3) is 3.30. The number of carbonyl (C=O) groups is 1. The van der Waals surface area contributed by atoms with Crippen LogP contribution in [0.15, 0.2) is 42.5 Å². The molecule has 7 heteroatoms. The molecule has 1 amide bonds. The van der Waals surface area contributed by atoms with Crippen molar-refractivity contribution in [1.29, 1.82) is 0 Å². The Kier molecular flexibility index (Phi) is 4.62. The second kappa shape index (κ2) is 6.41. The summed E-state index contributed by atoms with van der Waals surface area (Å²) >= 11 is 9.17. The summed E-state index contributed by atoms with van der Waals surface area (Å²) in [4.78, 5) is 13.5. The number of carbonyl (C=O) groups excluding carboxylic acids is 1. The molecule has 0 radical (unpaired) electrons. The standard InChI is InChI=1S/C17H12BrClF3NO/c18-15(11-2-5-13(19)6-3-11)16(24)23-8-7-10-1-4-12(9-14(10)23)17(20,21)22/h1-6,9,15H,7-8H2. The Morgan fingerprint density at radius 2 is 1.83 bits per heavy atom. The number of hydrogen-bond donors (Lipinski definition) is 0. The molecule has 0 aromatic heterocycles. The first-order chi connectivity index (χ1) is 11.3. The highest BCUT2D eigenvalue weighted by atomic mass is 79.9. The van der Waals surface area contributed by atoms with E-state index in [1.807, 2.05) is 0 Å². The first-order valence-corrected chi connectivity index (χ1v) is 8.48. The van der Waals surface area contributed by atoms with Crippen molar-refractivity contribution < 1.29 is 18.0 Å². The van der Waals surface area contributed by atoms with E-state index >= 15 is 0 Å². The smallest absolute Gasteiger partial charge is 0.311 e. The molecule has 1 heterocycles. The maximum atomic E-state index is 12.9. The van der Waals surface area contributed by atoms with Gasteiger partial charge in [0.15, 0.2) is 0 Å². The van der Waals surface area contributed by atoms with E-state index in [0.29, 0.717) is 29.2 Å². The second-order valence-corrected chi connectivity index (χ2v) is 6.85. The van der Waals surface area contributed by atoms with Gasteiger partial charge in [-0.15, -0.1) is 0 Å². The van der Waals surface area contributed by atoms with Gasteiger partial charge in [-0.25, -0.2) is 0 Å². The average Bonchev–Trinajstić information content (AvgIpc) is 2.96. The molecule has 0 saturated heterocycles. The molecule has 1 aliphatic heterocycles. The normalized spacial score (nSPS) is 15.3. The van der Waals surface area contributed by atoms with Gasteiger partial charge in [0, 0.05) is 17.3 Å².